The molecule has 0 bridgehead atoms. The fourth-order valence-electron chi connectivity index (χ4n) is 2.54. The van der Waals surface area contributed by atoms with E-state index in [1.54, 1.807) is 18.2 Å². The normalized spacial score (nSPS) is 10.2. The highest BCUT2D eigenvalue weighted by atomic mass is 16.5. The van der Waals surface area contributed by atoms with Gasteiger partial charge in [0.05, 0.1) is 14.2 Å². The second-order valence-electron chi connectivity index (χ2n) is 5.92. The Kier molecular flexibility index (Phi) is 6.60. The maximum atomic E-state index is 12.3. The molecule has 138 valence electrons. The SMILES string of the molecule is COc1cc(OC)cc(C(=O)NCCC(=O)Nc2c(C)cccc2C)c1. The molecule has 0 unspecified atom stereocenters. The molecule has 0 aliphatic carbocycles. The van der Waals surface area contributed by atoms with Crippen molar-refractivity contribution in [2.24, 2.45) is 0 Å². The topological polar surface area (TPSA) is 76.7 Å². The predicted molar refractivity (Wildman–Crippen MR) is 101 cm³/mol. The molecule has 2 amide bonds. The summed E-state index contributed by atoms with van der Waals surface area (Å²) in [6, 6.07) is 10.8. The maximum Gasteiger partial charge on any atom is 0.251 e. The van der Waals surface area contributed by atoms with Crippen molar-refractivity contribution in [2.75, 3.05) is 26.1 Å². The van der Waals surface area contributed by atoms with E-state index in [1.807, 2.05) is 32.0 Å². The Bertz CT molecular complexity index is 760. The first-order valence-corrected chi connectivity index (χ1v) is 8.32. The third kappa shape index (κ3) is 4.99. The molecule has 2 aromatic rings. The smallest absolute Gasteiger partial charge is 0.251 e. The number of carbonyl (C=O) groups is 2. The van der Waals surface area contributed by atoms with Crippen LogP contribution in [0.2, 0.25) is 0 Å². The van der Waals surface area contributed by atoms with E-state index in [0.717, 1.165) is 16.8 Å². The number of amides is 2. The average molecular weight is 356 g/mol. The van der Waals surface area contributed by atoms with Crippen LogP contribution in [-0.2, 0) is 4.79 Å². The molecular weight excluding hydrogens is 332 g/mol. The molecule has 0 aromatic heterocycles. The van der Waals surface area contributed by atoms with Crippen molar-refractivity contribution in [2.45, 2.75) is 20.3 Å². The van der Waals surface area contributed by atoms with Crippen LogP contribution in [-0.4, -0.2) is 32.6 Å². The first-order chi connectivity index (χ1) is 12.4. The van der Waals surface area contributed by atoms with Gasteiger partial charge in [-0.15, -0.1) is 0 Å². The number of rotatable bonds is 7. The molecule has 2 aromatic carbocycles. The molecule has 0 fully saturated rings. The van der Waals surface area contributed by atoms with E-state index in [9.17, 15) is 9.59 Å². The molecule has 6 heteroatoms. The van der Waals surface area contributed by atoms with Crippen LogP contribution in [0.3, 0.4) is 0 Å². The molecule has 0 atom stereocenters. The zero-order valence-corrected chi connectivity index (χ0v) is 15.5. The Hall–Kier alpha value is -3.02. The summed E-state index contributed by atoms with van der Waals surface area (Å²) in [4.78, 5) is 24.4. The lowest BCUT2D eigenvalue weighted by atomic mass is 10.1. The van der Waals surface area contributed by atoms with Gasteiger partial charge in [-0.1, -0.05) is 18.2 Å². The molecular formula is C20H24N2O4. The number of ether oxygens (including phenoxy) is 2. The number of nitrogens with one attached hydrogen (secondary N) is 2. The van der Waals surface area contributed by atoms with Gasteiger partial charge in [0.15, 0.2) is 0 Å². The van der Waals surface area contributed by atoms with Gasteiger partial charge in [0.2, 0.25) is 5.91 Å². The Balaban J connectivity index is 1.91. The van der Waals surface area contributed by atoms with E-state index < -0.39 is 0 Å². The number of para-hydroxylation sites is 1. The van der Waals surface area contributed by atoms with Crippen molar-refractivity contribution in [1.82, 2.24) is 5.32 Å². The molecule has 2 N–H and O–H groups in total. The summed E-state index contributed by atoms with van der Waals surface area (Å²) in [6.45, 7) is 4.12. The molecule has 2 rings (SSSR count). The van der Waals surface area contributed by atoms with Crippen LogP contribution in [0.4, 0.5) is 5.69 Å². The standard InChI is InChI=1S/C20H24N2O4/c1-13-6-5-7-14(2)19(13)22-18(23)8-9-21-20(24)15-10-16(25-3)12-17(11-15)26-4/h5-7,10-12H,8-9H2,1-4H3,(H,21,24)(H,22,23). The zero-order valence-electron chi connectivity index (χ0n) is 15.5. The Morgan fingerprint density at radius 2 is 1.54 bits per heavy atom. The van der Waals surface area contributed by atoms with Crippen molar-refractivity contribution >= 4 is 17.5 Å². The lowest BCUT2D eigenvalue weighted by molar-refractivity contribution is -0.116. The summed E-state index contributed by atoms with van der Waals surface area (Å²) in [5.74, 6) is 0.623. The zero-order chi connectivity index (χ0) is 19.1. The van der Waals surface area contributed by atoms with Crippen molar-refractivity contribution in [3.05, 3.63) is 53.1 Å². The molecule has 0 saturated carbocycles. The molecule has 0 aliphatic heterocycles. The molecule has 0 saturated heterocycles. The molecule has 26 heavy (non-hydrogen) atoms. The van der Waals surface area contributed by atoms with Crippen LogP contribution in [0.5, 0.6) is 11.5 Å². The van der Waals surface area contributed by atoms with E-state index in [-0.39, 0.29) is 24.8 Å². The van der Waals surface area contributed by atoms with Crippen molar-refractivity contribution in [3.8, 4) is 11.5 Å². The minimum atomic E-state index is -0.290. The number of carbonyl (C=O) groups excluding carboxylic acids is 2. The lowest BCUT2D eigenvalue weighted by Gasteiger charge is -2.12. The molecule has 0 aliphatic rings. The van der Waals surface area contributed by atoms with Crippen LogP contribution in [0, 0.1) is 13.8 Å². The van der Waals surface area contributed by atoms with E-state index >= 15 is 0 Å². The number of hydrogen-bond acceptors (Lipinski definition) is 4. The summed E-state index contributed by atoms with van der Waals surface area (Å²) in [6.07, 6.45) is 0.181. The van der Waals surface area contributed by atoms with E-state index in [0.29, 0.717) is 17.1 Å². The van der Waals surface area contributed by atoms with Gasteiger partial charge in [-0.2, -0.15) is 0 Å². The van der Waals surface area contributed by atoms with Crippen LogP contribution in [0.1, 0.15) is 27.9 Å². The highest BCUT2D eigenvalue weighted by Crippen LogP contribution is 2.22. The van der Waals surface area contributed by atoms with Gasteiger partial charge < -0.3 is 20.1 Å². The highest BCUT2D eigenvalue weighted by Gasteiger charge is 2.11. The third-order valence-electron chi connectivity index (χ3n) is 4.00. The summed E-state index contributed by atoms with van der Waals surface area (Å²) in [7, 11) is 3.04. The van der Waals surface area contributed by atoms with Gasteiger partial charge in [-0.3, -0.25) is 9.59 Å². The summed E-state index contributed by atoms with van der Waals surface area (Å²) in [5, 5.41) is 5.63. The van der Waals surface area contributed by atoms with Crippen molar-refractivity contribution in [3.63, 3.8) is 0 Å². The van der Waals surface area contributed by atoms with Gasteiger partial charge in [0, 0.05) is 30.3 Å². The molecule has 0 spiro atoms. The van der Waals surface area contributed by atoms with Crippen LogP contribution < -0.4 is 20.1 Å². The summed E-state index contributed by atoms with van der Waals surface area (Å²) >= 11 is 0. The molecule has 6 nitrogen and oxygen atoms in total. The fourth-order valence-corrected chi connectivity index (χ4v) is 2.54. The minimum absolute atomic E-state index is 0.147. The third-order valence-corrected chi connectivity index (χ3v) is 4.00. The number of methoxy groups -OCH3 is 2. The predicted octanol–water partition coefficient (Wildman–Crippen LogP) is 3.08. The van der Waals surface area contributed by atoms with Crippen molar-refractivity contribution in [1.29, 1.82) is 0 Å². The Morgan fingerprint density at radius 1 is 0.962 bits per heavy atom. The van der Waals surface area contributed by atoms with Gasteiger partial charge >= 0.3 is 0 Å². The highest BCUT2D eigenvalue weighted by molar-refractivity contribution is 5.96. The van der Waals surface area contributed by atoms with E-state index in [1.165, 1.54) is 14.2 Å². The first kappa shape index (κ1) is 19.3. The quantitative estimate of drug-likeness (QED) is 0.799. The number of aryl methyl sites for hydroxylation is 2. The fraction of sp³-hybridized carbons (Fsp3) is 0.300. The summed E-state index contributed by atoms with van der Waals surface area (Å²) < 4.78 is 10.3. The van der Waals surface area contributed by atoms with Gasteiger partial charge in [0.25, 0.3) is 5.91 Å². The van der Waals surface area contributed by atoms with E-state index in [2.05, 4.69) is 10.6 Å². The first-order valence-electron chi connectivity index (χ1n) is 8.32. The number of hydrogen-bond donors (Lipinski definition) is 2. The Morgan fingerprint density at radius 3 is 2.08 bits per heavy atom. The number of anilines is 1. The van der Waals surface area contributed by atoms with Crippen molar-refractivity contribution < 1.29 is 19.1 Å². The minimum Gasteiger partial charge on any atom is -0.497 e. The second kappa shape index (κ2) is 8.89. The van der Waals surface area contributed by atoms with Crippen LogP contribution >= 0.6 is 0 Å². The molecule has 0 radical (unpaired) electrons. The average Bonchev–Trinajstić information content (AvgIpc) is 2.64. The van der Waals surface area contributed by atoms with Gasteiger partial charge in [-0.05, 0) is 37.1 Å². The number of benzene rings is 2. The Labute approximate surface area is 153 Å². The monoisotopic (exact) mass is 356 g/mol. The largest absolute Gasteiger partial charge is 0.497 e. The summed E-state index contributed by atoms with van der Waals surface area (Å²) in [5.41, 5.74) is 3.24. The van der Waals surface area contributed by atoms with Gasteiger partial charge in [-0.25, -0.2) is 0 Å². The maximum absolute atomic E-state index is 12.3. The van der Waals surface area contributed by atoms with Crippen LogP contribution in [0.25, 0.3) is 0 Å². The second-order valence-corrected chi connectivity index (χ2v) is 5.92. The lowest BCUT2D eigenvalue weighted by Crippen LogP contribution is -2.28. The van der Waals surface area contributed by atoms with Crippen LogP contribution in [0.15, 0.2) is 36.4 Å². The van der Waals surface area contributed by atoms with Gasteiger partial charge in [0.1, 0.15) is 11.5 Å². The van der Waals surface area contributed by atoms with E-state index in [4.69, 9.17) is 9.47 Å². The molecule has 0 heterocycles.